The van der Waals surface area contributed by atoms with E-state index in [0.29, 0.717) is 26.4 Å². The highest BCUT2D eigenvalue weighted by atomic mass is 16.7. The van der Waals surface area contributed by atoms with Gasteiger partial charge in [0.05, 0.1) is 51.7 Å². The van der Waals surface area contributed by atoms with E-state index in [1.807, 2.05) is 121 Å². The second kappa shape index (κ2) is 15.6. The van der Waals surface area contributed by atoms with Crippen molar-refractivity contribution in [3.63, 3.8) is 0 Å². The van der Waals surface area contributed by atoms with Crippen LogP contribution < -0.4 is 0 Å². The summed E-state index contributed by atoms with van der Waals surface area (Å²) in [6.07, 6.45) is -2.63. The average molecular weight is 555 g/mol. The van der Waals surface area contributed by atoms with Gasteiger partial charge in [-0.2, -0.15) is 0 Å². The summed E-state index contributed by atoms with van der Waals surface area (Å²) in [5.41, 5.74) is 4.21. The van der Waals surface area contributed by atoms with E-state index in [1.165, 1.54) is 0 Å². The van der Waals surface area contributed by atoms with E-state index in [1.54, 1.807) is 0 Å². The number of ether oxygens (including phenoxy) is 5. The first-order valence-corrected chi connectivity index (χ1v) is 14.1. The van der Waals surface area contributed by atoms with E-state index in [9.17, 15) is 5.11 Å². The molecule has 5 atom stereocenters. The average Bonchev–Trinajstić information content (AvgIpc) is 3.02. The maximum atomic E-state index is 11.2. The zero-order valence-corrected chi connectivity index (χ0v) is 23.2. The van der Waals surface area contributed by atoms with Gasteiger partial charge in [0.25, 0.3) is 0 Å². The van der Waals surface area contributed by atoms with Crippen LogP contribution in [0.2, 0.25) is 0 Å². The molecule has 6 nitrogen and oxygen atoms in total. The van der Waals surface area contributed by atoms with Crippen LogP contribution >= 0.6 is 0 Å². The Hall–Kier alpha value is -3.36. The molecule has 4 aromatic rings. The Morgan fingerprint density at radius 1 is 0.488 bits per heavy atom. The fraction of sp³-hybridized carbons (Fsp3) is 0.314. The van der Waals surface area contributed by atoms with Crippen molar-refractivity contribution < 1.29 is 28.8 Å². The quantitative estimate of drug-likeness (QED) is 0.209. The van der Waals surface area contributed by atoms with Crippen LogP contribution in [0.5, 0.6) is 0 Å². The van der Waals surface area contributed by atoms with Crippen LogP contribution in [0.25, 0.3) is 0 Å². The third kappa shape index (κ3) is 8.81. The van der Waals surface area contributed by atoms with Gasteiger partial charge in [0.15, 0.2) is 6.29 Å². The third-order valence-corrected chi connectivity index (χ3v) is 7.18. The van der Waals surface area contributed by atoms with Crippen LogP contribution in [-0.2, 0) is 50.1 Å². The Morgan fingerprint density at radius 2 is 0.878 bits per heavy atom. The lowest BCUT2D eigenvalue weighted by Gasteiger charge is -2.44. The predicted octanol–water partition coefficient (Wildman–Crippen LogP) is 5.92. The van der Waals surface area contributed by atoms with Gasteiger partial charge in [0.2, 0.25) is 0 Å². The molecule has 1 fully saturated rings. The molecule has 41 heavy (non-hydrogen) atoms. The van der Waals surface area contributed by atoms with Gasteiger partial charge in [0, 0.05) is 0 Å². The lowest BCUT2D eigenvalue weighted by atomic mass is 9.90. The normalized spacial score (nSPS) is 22.4. The van der Waals surface area contributed by atoms with Crippen molar-refractivity contribution in [1.29, 1.82) is 0 Å². The molecule has 4 aromatic carbocycles. The SMILES string of the molecule is O[C@H]1O[C@H](COCc2ccccc2)[C@@H](OCc2ccccc2)[C@H](OCc2ccccc2)[C@@H]1COCc1ccccc1. The molecule has 0 radical (unpaired) electrons. The topological polar surface area (TPSA) is 66.4 Å². The summed E-state index contributed by atoms with van der Waals surface area (Å²) in [6, 6.07) is 40.0. The molecule has 1 aliphatic rings. The number of benzene rings is 4. The van der Waals surface area contributed by atoms with Crippen molar-refractivity contribution in [3.8, 4) is 0 Å². The van der Waals surface area contributed by atoms with Crippen LogP contribution in [0.4, 0.5) is 0 Å². The minimum absolute atomic E-state index is 0.244. The molecule has 0 bridgehead atoms. The lowest BCUT2D eigenvalue weighted by Crippen LogP contribution is -2.58. The molecule has 0 amide bonds. The minimum atomic E-state index is -1.10. The second-order valence-corrected chi connectivity index (χ2v) is 10.3. The first kappa shape index (κ1) is 29.1. The summed E-state index contributed by atoms with van der Waals surface area (Å²) in [6.45, 7) is 2.10. The molecule has 1 saturated heterocycles. The standard InChI is InChI=1S/C35H38O6/c36-35-31(25-37-21-27-13-5-1-6-14-27)33(39-23-29-17-9-3-10-18-29)34(40-24-30-19-11-4-12-20-30)32(41-35)26-38-22-28-15-7-2-8-16-28/h1-20,31-36H,21-26H2/t31-,32+,33+,34+,35-/m0/s1. The predicted molar refractivity (Wildman–Crippen MR) is 157 cm³/mol. The molecule has 0 aliphatic carbocycles. The van der Waals surface area contributed by atoms with E-state index >= 15 is 0 Å². The molecule has 1 N–H and O–H groups in total. The van der Waals surface area contributed by atoms with Crippen LogP contribution in [0.3, 0.4) is 0 Å². The molecule has 214 valence electrons. The Morgan fingerprint density at radius 3 is 1.34 bits per heavy atom. The van der Waals surface area contributed by atoms with Gasteiger partial charge >= 0.3 is 0 Å². The summed E-state index contributed by atoms with van der Waals surface area (Å²) in [4.78, 5) is 0. The number of hydrogen-bond donors (Lipinski definition) is 1. The molecule has 0 unspecified atom stereocenters. The molecule has 0 aromatic heterocycles. The number of aliphatic hydroxyl groups excluding tert-OH is 1. The largest absolute Gasteiger partial charge is 0.376 e. The van der Waals surface area contributed by atoms with Crippen molar-refractivity contribution in [3.05, 3.63) is 144 Å². The van der Waals surface area contributed by atoms with Gasteiger partial charge in [-0.05, 0) is 22.3 Å². The van der Waals surface area contributed by atoms with Crippen LogP contribution in [0.15, 0.2) is 121 Å². The fourth-order valence-corrected chi connectivity index (χ4v) is 4.99. The molecule has 1 aliphatic heterocycles. The number of hydrogen-bond acceptors (Lipinski definition) is 6. The van der Waals surface area contributed by atoms with Crippen molar-refractivity contribution in [2.45, 2.75) is 51.0 Å². The molecular formula is C35H38O6. The van der Waals surface area contributed by atoms with E-state index in [0.717, 1.165) is 22.3 Å². The first-order chi connectivity index (χ1) is 20.3. The Labute approximate surface area is 242 Å². The van der Waals surface area contributed by atoms with Crippen molar-refractivity contribution in [1.82, 2.24) is 0 Å². The molecule has 0 spiro atoms. The van der Waals surface area contributed by atoms with E-state index in [2.05, 4.69) is 0 Å². The van der Waals surface area contributed by atoms with Crippen LogP contribution in [0.1, 0.15) is 22.3 Å². The highest BCUT2D eigenvalue weighted by Crippen LogP contribution is 2.32. The Kier molecular flexibility index (Phi) is 11.1. The minimum Gasteiger partial charge on any atom is -0.376 e. The second-order valence-electron chi connectivity index (χ2n) is 10.3. The first-order valence-electron chi connectivity index (χ1n) is 14.1. The van der Waals surface area contributed by atoms with E-state index < -0.39 is 30.5 Å². The summed E-state index contributed by atoms with van der Waals surface area (Å²) in [7, 11) is 0. The fourth-order valence-electron chi connectivity index (χ4n) is 4.99. The van der Waals surface area contributed by atoms with Gasteiger partial charge in [-0.25, -0.2) is 0 Å². The maximum absolute atomic E-state index is 11.2. The zero-order valence-electron chi connectivity index (χ0n) is 23.2. The molecule has 6 heteroatoms. The summed E-state index contributed by atoms with van der Waals surface area (Å²) in [5, 5.41) is 11.2. The lowest BCUT2D eigenvalue weighted by molar-refractivity contribution is -0.299. The molecule has 5 rings (SSSR count). The molecule has 1 heterocycles. The van der Waals surface area contributed by atoms with Crippen molar-refractivity contribution >= 4 is 0 Å². The summed E-state index contributed by atoms with van der Waals surface area (Å²) >= 11 is 0. The highest BCUT2D eigenvalue weighted by Gasteiger charge is 2.47. The summed E-state index contributed by atoms with van der Waals surface area (Å²) < 4.78 is 31.4. The molecule has 0 saturated carbocycles. The van der Waals surface area contributed by atoms with Gasteiger partial charge in [-0.1, -0.05) is 121 Å². The van der Waals surface area contributed by atoms with Gasteiger partial charge < -0.3 is 28.8 Å². The van der Waals surface area contributed by atoms with Gasteiger partial charge in [-0.15, -0.1) is 0 Å². The number of aliphatic hydroxyl groups is 1. The smallest absolute Gasteiger partial charge is 0.162 e. The van der Waals surface area contributed by atoms with E-state index in [-0.39, 0.29) is 13.2 Å². The summed E-state index contributed by atoms with van der Waals surface area (Å²) in [5.74, 6) is -0.464. The monoisotopic (exact) mass is 554 g/mol. The van der Waals surface area contributed by atoms with Crippen LogP contribution in [0, 0.1) is 5.92 Å². The Bertz CT molecular complexity index is 1260. The van der Waals surface area contributed by atoms with Gasteiger partial charge in [-0.3, -0.25) is 0 Å². The maximum Gasteiger partial charge on any atom is 0.162 e. The zero-order chi connectivity index (χ0) is 28.1. The van der Waals surface area contributed by atoms with Crippen molar-refractivity contribution in [2.24, 2.45) is 5.92 Å². The van der Waals surface area contributed by atoms with E-state index in [4.69, 9.17) is 23.7 Å². The van der Waals surface area contributed by atoms with Gasteiger partial charge in [0.1, 0.15) is 12.2 Å². The third-order valence-electron chi connectivity index (χ3n) is 7.18. The Balaban J connectivity index is 1.33. The number of rotatable bonds is 14. The highest BCUT2D eigenvalue weighted by molar-refractivity contribution is 5.16. The molecular weight excluding hydrogens is 516 g/mol. The van der Waals surface area contributed by atoms with Crippen molar-refractivity contribution in [2.75, 3.05) is 13.2 Å². The van der Waals surface area contributed by atoms with Crippen LogP contribution in [-0.4, -0.2) is 42.9 Å².